The molecule has 0 aliphatic carbocycles. The summed E-state index contributed by atoms with van der Waals surface area (Å²) in [6.45, 7) is 1.57. The van der Waals surface area contributed by atoms with Crippen molar-refractivity contribution in [3.8, 4) is 11.4 Å². The molecule has 1 aliphatic rings. The predicted octanol–water partition coefficient (Wildman–Crippen LogP) is 3.53. The summed E-state index contributed by atoms with van der Waals surface area (Å²) < 4.78 is 1.81. The van der Waals surface area contributed by atoms with Gasteiger partial charge in [0.05, 0.1) is 12.1 Å². The SMILES string of the molecule is O=C(Cc1ccc(-n2cccn2)cc1)N1CCC(c2ccc(O)cc2)CC1. The van der Waals surface area contributed by atoms with Crippen LogP contribution in [0.25, 0.3) is 5.69 Å². The second-order valence-electron chi connectivity index (χ2n) is 7.04. The average Bonchev–Trinajstić information content (AvgIpc) is 3.24. The van der Waals surface area contributed by atoms with Crippen molar-refractivity contribution in [1.29, 1.82) is 0 Å². The van der Waals surface area contributed by atoms with Gasteiger partial charge in [-0.05, 0) is 60.2 Å². The highest BCUT2D eigenvalue weighted by molar-refractivity contribution is 5.79. The van der Waals surface area contributed by atoms with E-state index in [1.807, 2.05) is 53.6 Å². The van der Waals surface area contributed by atoms with Crippen molar-refractivity contribution in [3.05, 3.63) is 78.1 Å². The minimum absolute atomic E-state index is 0.186. The smallest absolute Gasteiger partial charge is 0.226 e. The maximum absolute atomic E-state index is 12.6. The fourth-order valence-electron chi connectivity index (χ4n) is 3.68. The molecule has 3 aromatic rings. The number of amides is 1. The number of hydrogen-bond donors (Lipinski definition) is 1. The maximum Gasteiger partial charge on any atom is 0.226 e. The van der Waals surface area contributed by atoms with Crippen molar-refractivity contribution in [3.63, 3.8) is 0 Å². The number of carbonyl (C=O) groups excluding carboxylic acids is 1. The molecule has 5 heteroatoms. The Morgan fingerprint density at radius 2 is 1.74 bits per heavy atom. The van der Waals surface area contributed by atoms with Crippen LogP contribution in [-0.2, 0) is 11.2 Å². The van der Waals surface area contributed by atoms with Crippen molar-refractivity contribution in [2.75, 3.05) is 13.1 Å². The van der Waals surface area contributed by atoms with Crippen molar-refractivity contribution >= 4 is 5.91 Å². The highest BCUT2D eigenvalue weighted by Gasteiger charge is 2.23. The van der Waals surface area contributed by atoms with E-state index in [9.17, 15) is 9.90 Å². The molecule has 1 aromatic heterocycles. The number of aromatic nitrogens is 2. The van der Waals surface area contributed by atoms with Gasteiger partial charge in [0.2, 0.25) is 5.91 Å². The molecule has 1 aliphatic heterocycles. The van der Waals surface area contributed by atoms with Gasteiger partial charge in [0, 0.05) is 25.5 Å². The molecule has 2 aromatic carbocycles. The first-order valence-electron chi connectivity index (χ1n) is 9.35. The molecule has 0 atom stereocenters. The standard InChI is InChI=1S/C22H23N3O2/c26-21-8-4-18(5-9-21)19-10-14-24(15-11-19)22(27)16-17-2-6-20(7-3-17)25-13-1-12-23-25/h1-9,12-13,19,26H,10-11,14-16H2. The van der Waals surface area contributed by atoms with Gasteiger partial charge < -0.3 is 10.0 Å². The van der Waals surface area contributed by atoms with Gasteiger partial charge in [0.15, 0.2) is 0 Å². The van der Waals surface area contributed by atoms with Crippen LogP contribution in [0.2, 0.25) is 0 Å². The lowest BCUT2D eigenvalue weighted by Crippen LogP contribution is -2.38. The molecule has 1 amide bonds. The van der Waals surface area contributed by atoms with E-state index >= 15 is 0 Å². The fourth-order valence-corrected chi connectivity index (χ4v) is 3.68. The van der Waals surface area contributed by atoms with Crippen molar-refractivity contribution in [2.24, 2.45) is 0 Å². The Kier molecular flexibility index (Phi) is 4.92. The van der Waals surface area contributed by atoms with E-state index in [-0.39, 0.29) is 5.91 Å². The summed E-state index contributed by atoms with van der Waals surface area (Å²) in [7, 11) is 0. The second-order valence-corrected chi connectivity index (χ2v) is 7.04. The monoisotopic (exact) mass is 361 g/mol. The van der Waals surface area contributed by atoms with E-state index < -0.39 is 0 Å². The second kappa shape index (κ2) is 7.66. The van der Waals surface area contributed by atoms with Crippen LogP contribution in [0.1, 0.15) is 29.9 Å². The zero-order valence-electron chi connectivity index (χ0n) is 15.2. The largest absolute Gasteiger partial charge is 0.508 e. The van der Waals surface area contributed by atoms with Gasteiger partial charge in [-0.3, -0.25) is 4.79 Å². The molecule has 0 bridgehead atoms. The molecule has 0 radical (unpaired) electrons. The van der Waals surface area contributed by atoms with E-state index in [0.717, 1.165) is 37.2 Å². The number of carbonyl (C=O) groups is 1. The molecule has 138 valence electrons. The molecule has 1 saturated heterocycles. The zero-order chi connectivity index (χ0) is 18.6. The number of phenolic OH excluding ortho intramolecular Hbond substituents is 1. The van der Waals surface area contributed by atoms with Crippen LogP contribution >= 0.6 is 0 Å². The lowest BCUT2D eigenvalue weighted by atomic mass is 9.89. The lowest BCUT2D eigenvalue weighted by molar-refractivity contribution is -0.131. The minimum atomic E-state index is 0.186. The molecule has 0 unspecified atom stereocenters. The summed E-state index contributed by atoms with van der Waals surface area (Å²) >= 11 is 0. The van der Waals surface area contributed by atoms with Crippen LogP contribution in [0.15, 0.2) is 67.0 Å². The number of nitrogens with zero attached hydrogens (tertiary/aromatic N) is 3. The zero-order valence-corrected chi connectivity index (χ0v) is 15.2. The first kappa shape index (κ1) is 17.3. The predicted molar refractivity (Wildman–Crippen MR) is 104 cm³/mol. The molecule has 27 heavy (non-hydrogen) atoms. The summed E-state index contributed by atoms with van der Waals surface area (Å²) in [6, 6.07) is 17.3. The Bertz CT molecular complexity index is 878. The third-order valence-electron chi connectivity index (χ3n) is 5.27. The molecule has 1 N–H and O–H groups in total. The number of likely N-dealkylation sites (tertiary alicyclic amines) is 1. The number of piperidine rings is 1. The van der Waals surface area contributed by atoms with Crippen LogP contribution < -0.4 is 0 Å². The molecular formula is C22H23N3O2. The Balaban J connectivity index is 1.32. The summed E-state index contributed by atoms with van der Waals surface area (Å²) in [4.78, 5) is 14.6. The highest BCUT2D eigenvalue weighted by atomic mass is 16.3. The van der Waals surface area contributed by atoms with Crippen molar-refractivity contribution in [1.82, 2.24) is 14.7 Å². The highest BCUT2D eigenvalue weighted by Crippen LogP contribution is 2.29. The van der Waals surface area contributed by atoms with E-state index in [1.165, 1.54) is 5.56 Å². The van der Waals surface area contributed by atoms with E-state index in [4.69, 9.17) is 0 Å². The molecule has 0 saturated carbocycles. The number of aromatic hydroxyl groups is 1. The number of rotatable bonds is 4. The van der Waals surface area contributed by atoms with Crippen LogP contribution in [0.3, 0.4) is 0 Å². The van der Waals surface area contributed by atoms with Gasteiger partial charge in [-0.15, -0.1) is 0 Å². The number of phenols is 1. The van der Waals surface area contributed by atoms with Crippen molar-refractivity contribution in [2.45, 2.75) is 25.2 Å². The normalized spacial score (nSPS) is 15.0. The average molecular weight is 361 g/mol. The first-order chi connectivity index (χ1) is 13.2. The Labute approximate surface area is 158 Å². The molecule has 0 spiro atoms. The van der Waals surface area contributed by atoms with Gasteiger partial charge in [-0.1, -0.05) is 24.3 Å². The summed E-state index contributed by atoms with van der Waals surface area (Å²) in [5.74, 6) is 0.943. The van der Waals surface area contributed by atoms with Gasteiger partial charge in [-0.2, -0.15) is 5.10 Å². The maximum atomic E-state index is 12.6. The van der Waals surface area contributed by atoms with Crippen LogP contribution in [0.5, 0.6) is 5.75 Å². The fraction of sp³-hybridized carbons (Fsp3) is 0.273. The first-order valence-corrected chi connectivity index (χ1v) is 9.35. The number of benzene rings is 2. The topological polar surface area (TPSA) is 58.4 Å². The Hall–Kier alpha value is -3.08. The van der Waals surface area contributed by atoms with Crippen molar-refractivity contribution < 1.29 is 9.90 Å². The van der Waals surface area contributed by atoms with E-state index in [2.05, 4.69) is 5.10 Å². The third kappa shape index (κ3) is 4.03. The molecule has 2 heterocycles. The van der Waals surface area contributed by atoms with Crippen LogP contribution in [-0.4, -0.2) is 38.8 Å². The van der Waals surface area contributed by atoms with E-state index in [0.29, 0.717) is 18.1 Å². The Morgan fingerprint density at radius 3 is 2.37 bits per heavy atom. The minimum Gasteiger partial charge on any atom is -0.508 e. The molecule has 1 fully saturated rings. The lowest BCUT2D eigenvalue weighted by Gasteiger charge is -2.32. The molecular weight excluding hydrogens is 338 g/mol. The Morgan fingerprint density at radius 1 is 1.04 bits per heavy atom. The number of hydrogen-bond acceptors (Lipinski definition) is 3. The van der Waals surface area contributed by atoms with Gasteiger partial charge in [0.25, 0.3) is 0 Å². The van der Waals surface area contributed by atoms with Gasteiger partial charge in [-0.25, -0.2) is 4.68 Å². The summed E-state index contributed by atoms with van der Waals surface area (Å²) in [5.41, 5.74) is 3.26. The molecule has 5 nitrogen and oxygen atoms in total. The van der Waals surface area contributed by atoms with Gasteiger partial charge >= 0.3 is 0 Å². The quantitative estimate of drug-likeness (QED) is 0.773. The van der Waals surface area contributed by atoms with Crippen LogP contribution in [0, 0.1) is 0 Å². The van der Waals surface area contributed by atoms with E-state index in [1.54, 1.807) is 23.0 Å². The van der Waals surface area contributed by atoms with Gasteiger partial charge in [0.1, 0.15) is 5.75 Å². The summed E-state index contributed by atoms with van der Waals surface area (Å²) in [6.07, 6.45) is 6.02. The van der Waals surface area contributed by atoms with Crippen LogP contribution in [0.4, 0.5) is 0 Å². The third-order valence-corrected chi connectivity index (χ3v) is 5.27. The summed E-state index contributed by atoms with van der Waals surface area (Å²) in [5, 5.41) is 13.6. The molecule has 4 rings (SSSR count).